The fourth-order valence-electron chi connectivity index (χ4n) is 0.963. The molecule has 0 aliphatic heterocycles. The van der Waals surface area contributed by atoms with Gasteiger partial charge in [0.25, 0.3) is 0 Å². The molecule has 0 saturated heterocycles. The summed E-state index contributed by atoms with van der Waals surface area (Å²) >= 11 is 4.78. The number of rotatable bonds is 3. The molecule has 0 amide bonds. The van der Waals surface area contributed by atoms with Crippen LogP contribution in [0.15, 0.2) is 29.3 Å². The maximum Gasteiger partial charge on any atom is 0.372 e. The second-order valence-electron chi connectivity index (χ2n) is 2.80. The Kier molecular flexibility index (Phi) is 3.86. The van der Waals surface area contributed by atoms with Gasteiger partial charge in [0.15, 0.2) is 5.71 Å². The van der Waals surface area contributed by atoms with Gasteiger partial charge in [0.2, 0.25) is 0 Å². The zero-order chi connectivity index (χ0) is 12.2. The molecule has 1 aromatic rings. The van der Waals surface area contributed by atoms with Gasteiger partial charge in [0.05, 0.1) is 12.8 Å². The quantitative estimate of drug-likeness (QED) is 0.454. The predicted molar refractivity (Wildman–Crippen MR) is 59.7 cm³/mol. The second kappa shape index (κ2) is 4.95. The van der Waals surface area contributed by atoms with Gasteiger partial charge in [-0.1, -0.05) is 0 Å². The Bertz CT molecular complexity index is 429. The van der Waals surface area contributed by atoms with E-state index in [1.165, 1.54) is 19.2 Å². The monoisotopic (exact) mass is 243 g/mol. The SMILES string of the molecule is C#CC(=Nc1ccc(OC)cc1)C(F)(F)Cl. The third-order valence-corrected chi connectivity index (χ3v) is 1.90. The molecule has 0 atom stereocenters. The molecule has 2 nitrogen and oxygen atoms in total. The molecule has 16 heavy (non-hydrogen) atoms. The van der Waals surface area contributed by atoms with Gasteiger partial charge >= 0.3 is 5.38 Å². The highest BCUT2D eigenvalue weighted by atomic mass is 35.5. The summed E-state index contributed by atoms with van der Waals surface area (Å²) in [7, 11) is 1.50. The minimum absolute atomic E-state index is 0.286. The van der Waals surface area contributed by atoms with Crippen molar-refractivity contribution < 1.29 is 13.5 Å². The molecule has 0 unspecified atom stereocenters. The number of ether oxygens (including phenoxy) is 1. The van der Waals surface area contributed by atoms with Crippen molar-refractivity contribution in [2.75, 3.05) is 7.11 Å². The fraction of sp³-hybridized carbons (Fsp3) is 0.182. The molecule has 5 heteroatoms. The van der Waals surface area contributed by atoms with E-state index in [2.05, 4.69) is 4.99 Å². The van der Waals surface area contributed by atoms with Crippen LogP contribution in [0.5, 0.6) is 5.75 Å². The average molecular weight is 244 g/mol. The van der Waals surface area contributed by atoms with Crippen LogP contribution in [0.1, 0.15) is 0 Å². The fourth-order valence-corrected chi connectivity index (χ4v) is 1.06. The van der Waals surface area contributed by atoms with Gasteiger partial charge in [0.1, 0.15) is 5.75 Å². The summed E-state index contributed by atoms with van der Waals surface area (Å²) in [6.07, 6.45) is 4.89. The van der Waals surface area contributed by atoms with Crippen molar-refractivity contribution >= 4 is 23.0 Å². The molecule has 84 valence electrons. The van der Waals surface area contributed by atoms with E-state index in [0.717, 1.165) is 0 Å². The molecule has 0 saturated carbocycles. The van der Waals surface area contributed by atoms with E-state index in [9.17, 15) is 8.78 Å². The summed E-state index contributed by atoms with van der Waals surface area (Å²) in [4.78, 5) is 3.57. The van der Waals surface area contributed by atoms with E-state index < -0.39 is 11.1 Å². The Hall–Kier alpha value is -1.60. The zero-order valence-corrected chi connectivity index (χ0v) is 9.13. The van der Waals surface area contributed by atoms with E-state index in [0.29, 0.717) is 5.75 Å². The van der Waals surface area contributed by atoms with E-state index in [1.807, 2.05) is 0 Å². The Morgan fingerprint density at radius 1 is 1.44 bits per heavy atom. The molecule has 0 N–H and O–H groups in total. The average Bonchev–Trinajstić information content (AvgIpc) is 2.25. The van der Waals surface area contributed by atoms with Crippen LogP contribution in [0, 0.1) is 12.3 Å². The van der Waals surface area contributed by atoms with Gasteiger partial charge in [-0.25, -0.2) is 4.99 Å². The highest BCUT2D eigenvalue weighted by Crippen LogP contribution is 2.24. The third-order valence-electron chi connectivity index (χ3n) is 1.72. The van der Waals surface area contributed by atoms with Crippen molar-refractivity contribution in [3.8, 4) is 18.1 Å². The zero-order valence-electron chi connectivity index (χ0n) is 8.38. The highest BCUT2D eigenvalue weighted by molar-refractivity contribution is 6.36. The first-order valence-electron chi connectivity index (χ1n) is 4.24. The number of hydrogen-bond acceptors (Lipinski definition) is 2. The normalized spacial score (nSPS) is 12.1. The molecular weight excluding hydrogens is 236 g/mol. The van der Waals surface area contributed by atoms with Gasteiger partial charge in [0, 0.05) is 0 Å². The van der Waals surface area contributed by atoms with Crippen molar-refractivity contribution in [1.82, 2.24) is 0 Å². The van der Waals surface area contributed by atoms with E-state index in [4.69, 9.17) is 22.8 Å². The maximum atomic E-state index is 12.7. The van der Waals surface area contributed by atoms with Crippen molar-refractivity contribution in [3.63, 3.8) is 0 Å². The second-order valence-corrected chi connectivity index (χ2v) is 3.28. The summed E-state index contributed by atoms with van der Waals surface area (Å²) in [6.45, 7) is 0. The number of aliphatic imine (C=N–C) groups is 1. The smallest absolute Gasteiger partial charge is 0.372 e. The van der Waals surface area contributed by atoms with Crippen LogP contribution >= 0.6 is 11.6 Å². The number of alkyl halides is 3. The van der Waals surface area contributed by atoms with Crippen LogP contribution in [-0.4, -0.2) is 18.2 Å². The van der Waals surface area contributed by atoms with Crippen LogP contribution < -0.4 is 4.74 Å². The number of nitrogens with zero attached hydrogens (tertiary/aromatic N) is 1. The summed E-state index contributed by atoms with van der Waals surface area (Å²) in [5.74, 6) is 2.35. The Morgan fingerprint density at radius 3 is 2.38 bits per heavy atom. The third kappa shape index (κ3) is 3.21. The summed E-state index contributed by atoms with van der Waals surface area (Å²) in [6, 6.07) is 6.16. The summed E-state index contributed by atoms with van der Waals surface area (Å²) in [5, 5.41) is -3.63. The van der Waals surface area contributed by atoms with Crippen LogP contribution in [-0.2, 0) is 0 Å². The van der Waals surface area contributed by atoms with E-state index in [-0.39, 0.29) is 5.69 Å². The number of hydrogen-bond donors (Lipinski definition) is 0. The van der Waals surface area contributed by atoms with Crippen LogP contribution in [0.3, 0.4) is 0 Å². The van der Waals surface area contributed by atoms with E-state index in [1.54, 1.807) is 18.1 Å². The number of benzene rings is 1. The molecule has 0 aromatic heterocycles. The van der Waals surface area contributed by atoms with Crippen LogP contribution in [0.4, 0.5) is 14.5 Å². The van der Waals surface area contributed by atoms with Gasteiger partial charge in [-0.05, 0) is 41.8 Å². The largest absolute Gasteiger partial charge is 0.497 e. The summed E-state index contributed by atoms with van der Waals surface area (Å²) < 4.78 is 30.3. The number of terminal acetylenes is 1. The highest BCUT2D eigenvalue weighted by Gasteiger charge is 2.31. The molecule has 0 aliphatic rings. The molecule has 0 aliphatic carbocycles. The summed E-state index contributed by atoms with van der Waals surface area (Å²) in [5.41, 5.74) is -0.534. The molecular formula is C11H8ClF2NO. The van der Waals surface area contributed by atoms with Crippen LogP contribution in [0.2, 0.25) is 0 Å². The lowest BCUT2D eigenvalue weighted by atomic mass is 10.3. The Labute approximate surface area is 96.9 Å². The predicted octanol–water partition coefficient (Wildman–Crippen LogP) is 3.23. The van der Waals surface area contributed by atoms with Crippen molar-refractivity contribution in [1.29, 1.82) is 0 Å². The van der Waals surface area contributed by atoms with Gasteiger partial charge in [-0.15, -0.1) is 6.42 Å². The van der Waals surface area contributed by atoms with Gasteiger partial charge in [-0.2, -0.15) is 8.78 Å². The standard InChI is InChI=1S/C11H8ClF2NO/c1-3-10(11(12,13)14)15-8-4-6-9(16-2)7-5-8/h1,4-7H,2H3. The molecule has 0 spiro atoms. The topological polar surface area (TPSA) is 21.6 Å². The molecule has 0 radical (unpaired) electrons. The lowest BCUT2D eigenvalue weighted by Crippen LogP contribution is -2.19. The van der Waals surface area contributed by atoms with Gasteiger partial charge in [-0.3, -0.25) is 0 Å². The molecule has 1 rings (SSSR count). The van der Waals surface area contributed by atoms with Crippen molar-refractivity contribution in [2.24, 2.45) is 4.99 Å². The Morgan fingerprint density at radius 2 is 2.00 bits per heavy atom. The van der Waals surface area contributed by atoms with Gasteiger partial charge < -0.3 is 4.74 Å². The minimum atomic E-state index is -3.63. The van der Waals surface area contributed by atoms with Crippen molar-refractivity contribution in [2.45, 2.75) is 5.38 Å². The van der Waals surface area contributed by atoms with E-state index >= 15 is 0 Å². The number of halogens is 3. The number of methoxy groups -OCH3 is 1. The first-order valence-corrected chi connectivity index (χ1v) is 4.61. The first-order chi connectivity index (χ1) is 7.47. The molecule has 0 fully saturated rings. The maximum absolute atomic E-state index is 12.7. The van der Waals surface area contributed by atoms with Crippen LogP contribution in [0.25, 0.3) is 0 Å². The molecule has 0 bridgehead atoms. The first kappa shape index (κ1) is 12.5. The lowest BCUT2D eigenvalue weighted by molar-refractivity contribution is 0.177. The van der Waals surface area contributed by atoms with Crippen molar-refractivity contribution in [3.05, 3.63) is 24.3 Å². The molecule has 0 heterocycles. The minimum Gasteiger partial charge on any atom is -0.497 e. The Balaban J connectivity index is 3.02. The lowest BCUT2D eigenvalue weighted by Gasteiger charge is -2.06. The molecule has 1 aromatic carbocycles.